The molecule has 2 aromatic carbocycles. The summed E-state index contributed by atoms with van der Waals surface area (Å²) in [6.07, 6.45) is 1.81. The van der Waals surface area contributed by atoms with Gasteiger partial charge in [-0.3, -0.25) is 4.79 Å². The third-order valence-electron chi connectivity index (χ3n) is 4.16. The molecule has 3 heteroatoms. The maximum absolute atomic E-state index is 12.6. The van der Waals surface area contributed by atoms with Crippen molar-refractivity contribution in [3.05, 3.63) is 71.3 Å². The van der Waals surface area contributed by atoms with E-state index in [1.54, 1.807) is 0 Å². The van der Waals surface area contributed by atoms with Gasteiger partial charge in [0, 0.05) is 13.1 Å². The van der Waals surface area contributed by atoms with Gasteiger partial charge in [-0.1, -0.05) is 54.6 Å². The molecule has 0 aliphatic carbocycles. The van der Waals surface area contributed by atoms with E-state index < -0.39 is 6.04 Å². The van der Waals surface area contributed by atoms with Gasteiger partial charge in [0.1, 0.15) is 6.04 Å². The molecule has 0 fully saturated rings. The lowest BCUT2D eigenvalue weighted by Crippen LogP contribution is -2.40. The van der Waals surface area contributed by atoms with Crippen molar-refractivity contribution in [2.24, 2.45) is 5.73 Å². The maximum atomic E-state index is 12.6. The maximum Gasteiger partial charge on any atom is 0.244 e. The van der Waals surface area contributed by atoms with Crippen LogP contribution in [0.4, 0.5) is 0 Å². The molecule has 1 aliphatic rings. The Kier molecular flexibility index (Phi) is 4.02. The van der Waals surface area contributed by atoms with Crippen LogP contribution in [0.5, 0.6) is 0 Å². The lowest BCUT2D eigenvalue weighted by atomic mass is 10.0. The number of benzene rings is 2. The number of carbonyl (C=O) groups excluding carboxylic acids is 1. The molecule has 1 atom stereocenters. The van der Waals surface area contributed by atoms with Gasteiger partial charge < -0.3 is 10.6 Å². The Morgan fingerprint density at radius 1 is 0.905 bits per heavy atom. The summed E-state index contributed by atoms with van der Waals surface area (Å²) in [5.41, 5.74) is 9.71. The molecule has 0 radical (unpaired) electrons. The second-order valence-corrected chi connectivity index (χ2v) is 5.48. The summed E-state index contributed by atoms with van der Waals surface area (Å²) in [5.74, 6) is 0.0222. The normalized spacial score (nSPS) is 16.0. The molecule has 1 unspecified atom stereocenters. The Labute approximate surface area is 125 Å². The number of carbonyl (C=O) groups is 1. The molecule has 0 saturated carbocycles. The molecule has 0 aromatic heterocycles. The summed E-state index contributed by atoms with van der Waals surface area (Å²) in [6, 6.07) is 17.5. The first-order valence-corrected chi connectivity index (χ1v) is 7.42. The summed E-state index contributed by atoms with van der Waals surface area (Å²) < 4.78 is 0. The van der Waals surface area contributed by atoms with Crippen LogP contribution in [0, 0.1) is 0 Å². The van der Waals surface area contributed by atoms with E-state index in [4.69, 9.17) is 5.73 Å². The second kappa shape index (κ2) is 6.10. The third-order valence-corrected chi connectivity index (χ3v) is 4.16. The molecule has 108 valence electrons. The number of rotatable bonds is 2. The highest BCUT2D eigenvalue weighted by Gasteiger charge is 2.24. The Morgan fingerprint density at radius 3 is 2.00 bits per heavy atom. The van der Waals surface area contributed by atoms with E-state index >= 15 is 0 Å². The van der Waals surface area contributed by atoms with E-state index in [1.807, 2.05) is 35.2 Å². The van der Waals surface area contributed by atoms with Gasteiger partial charge in [0.15, 0.2) is 0 Å². The van der Waals surface area contributed by atoms with Crippen molar-refractivity contribution in [3.63, 3.8) is 0 Å². The van der Waals surface area contributed by atoms with Crippen molar-refractivity contribution in [1.29, 1.82) is 0 Å². The highest BCUT2D eigenvalue weighted by Crippen LogP contribution is 2.19. The van der Waals surface area contributed by atoms with E-state index in [-0.39, 0.29) is 5.91 Å². The zero-order chi connectivity index (χ0) is 14.7. The summed E-state index contributed by atoms with van der Waals surface area (Å²) in [7, 11) is 0. The Morgan fingerprint density at radius 2 is 1.43 bits per heavy atom. The topological polar surface area (TPSA) is 46.3 Å². The predicted octanol–water partition coefficient (Wildman–Crippen LogP) is 2.31. The first-order chi connectivity index (χ1) is 10.3. The van der Waals surface area contributed by atoms with Gasteiger partial charge in [0.25, 0.3) is 0 Å². The fourth-order valence-electron chi connectivity index (χ4n) is 2.89. The molecule has 0 saturated heterocycles. The smallest absolute Gasteiger partial charge is 0.244 e. The third kappa shape index (κ3) is 2.98. The monoisotopic (exact) mass is 280 g/mol. The van der Waals surface area contributed by atoms with Gasteiger partial charge in [0.2, 0.25) is 5.91 Å². The minimum Gasteiger partial charge on any atom is -0.340 e. The average Bonchev–Trinajstić information content (AvgIpc) is 2.77. The van der Waals surface area contributed by atoms with Crippen molar-refractivity contribution in [1.82, 2.24) is 4.90 Å². The van der Waals surface area contributed by atoms with Crippen LogP contribution in [0.3, 0.4) is 0 Å². The number of fused-ring (bicyclic) bond motifs is 1. The van der Waals surface area contributed by atoms with Gasteiger partial charge in [-0.2, -0.15) is 0 Å². The first-order valence-electron chi connectivity index (χ1n) is 7.42. The number of hydrogen-bond acceptors (Lipinski definition) is 2. The van der Waals surface area contributed by atoms with Crippen molar-refractivity contribution in [2.75, 3.05) is 13.1 Å². The van der Waals surface area contributed by atoms with Crippen molar-refractivity contribution < 1.29 is 4.79 Å². The van der Waals surface area contributed by atoms with Crippen LogP contribution < -0.4 is 5.73 Å². The minimum absolute atomic E-state index is 0.0222. The lowest BCUT2D eigenvalue weighted by Gasteiger charge is -2.24. The summed E-state index contributed by atoms with van der Waals surface area (Å²) >= 11 is 0. The largest absolute Gasteiger partial charge is 0.340 e. The number of nitrogens with zero attached hydrogens (tertiary/aromatic N) is 1. The lowest BCUT2D eigenvalue weighted by molar-refractivity contribution is -0.132. The fraction of sp³-hybridized carbons (Fsp3) is 0.278. The van der Waals surface area contributed by atoms with E-state index in [0.717, 1.165) is 31.5 Å². The van der Waals surface area contributed by atoms with Crippen molar-refractivity contribution in [2.45, 2.75) is 18.9 Å². The molecule has 1 aliphatic heterocycles. The quantitative estimate of drug-likeness (QED) is 0.917. The molecule has 1 heterocycles. The van der Waals surface area contributed by atoms with Crippen LogP contribution in [0.1, 0.15) is 22.7 Å². The molecule has 3 nitrogen and oxygen atoms in total. The Hall–Kier alpha value is -2.13. The standard InChI is InChI=1S/C18H20N2O/c19-17(16-8-2-1-3-9-16)18(21)20-12-10-14-6-4-5-7-15(14)11-13-20/h1-9,17H,10-13,19H2. The predicted molar refractivity (Wildman–Crippen MR) is 83.8 cm³/mol. The Bertz CT molecular complexity index is 597. The Balaban J connectivity index is 1.72. The average molecular weight is 280 g/mol. The molecule has 21 heavy (non-hydrogen) atoms. The van der Waals surface area contributed by atoms with Crippen LogP contribution >= 0.6 is 0 Å². The van der Waals surface area contributed by atoms with Crippen LogP contribution in [0.25, 0.3) is 0 Å². The summed E-state index contributed by atoms with van der Waals surface area (Å²) in [5, 5.41) is 0. The fourth-order valence-corrected chi connectivity index (χ4v) is 2.89. The molecule has 3 rings (SSSR count). The number of nitrogens with two attached hydrogens (primary N) is 1. The zero-order valence-electron chi connectivity index (χ0n) is 12.0. The zero-order valence-corrected chi connectivity index (χ0v) is 12.0. The minimum atomic E-state index is -0.563. The highest BCUT2D eigenvalue weighted by atomic mass is 16.2. The summed E-state index contributed by atoms with van der Waals surface area (Å²) in [6.45, 7) is 1.49. The van der Waals surface area contributed by atoms with Crippen molar-refractivity contribution >= 4 is 5.91 Å². The van der Waals surface area contributed by atoms with Gasteiger partial charge in [-0.15, -0.1) is 0 Å². The first kappa shape index (κ1) is 13.8. The van der Waals surface area contributed by atoms with Gasteiger partial charge in [-0.05, 0) is 29.5 Å². The van der Waals surface area contributed by atoms with Crippen LogP contribution in [-0.2, 0) is 17.6 Å². The van der Waals surface area contributed by atoms with Gasteiger partial charge >= 0.3 is 0 Å². The van der Waals surface area contributed by atoms with Crippen LogP contribution in [0.15, 0.2) is 54.6 Å². The number of hydrogen-bond donors (Lipinski definition) is 1. The van der Waals surface area contributed by atoms with Gasteiger partial charge in [-0.25, -0.2) is 0 Å². The second-order valence-electron chi connectivity index (χ2n) is 5.48. The van der Waals surface area contributed by atoms with Crippen LogP contribution in [-0.4, -0.2) is 23.9 Å². The molecule has 2 aromatic rings. The SMILES string of the molecule is NC(C(=O)N1CCc2ccccc2CC1)c1ccccc1. The molecule has 1 amide bonds. The van der Waals surface area contributed by atoms with E-state index in [2.05, 4.69) is 24.3 Å². The van der Waals surface area contributed by atoms with E-state index in [0.29, 0.717) is 0 Å². The molecule has 0 spiro atoms. The summed E-state index contributed by atoms with van der Waals surface area (Å²) in [4.78, 5) is 14.5. The van der Waals surface area contributed by atoms with E-state index in [1.165, 1.54) is 11.1 Å². The number of amides is 1. The van der Waals surface area contributed by atoms with Crippen LogP contribution in [0.2, 0.25) is 0 Å². The molecule has 2 N–H and O–H groups in total. The van der Waals surface area contributed by atoms with Gasteiger partial charge in [0.05, 0.1) is 0 Å². The molecule has 0 bridgehead atoms. The highest BCUT2D eigenvalue weighted by molar-refractivity contribution is 5.83. The molecular weight excluding hydrogens is 260 g/mol. The van der Waals surface area contributed by atoms with E-state index in [9.17, 15) is 4.79 Å². The van der Waals surface area contributed by atoms with Crippen molar-refractivity contribution in [3.8, 4) is 0 Å². The molecular formula is C18H20N2O.